The van der Waals surface area contributed by atoms with Crippen molar-refractivity contribution in [3.63, 3.8) is 0 Å². The summed E-state index contributed by atoms with van der Waals surface area (Å²) in [5, 5.41) is 13.2. The van der Waals surface area contributed by atoms with Crippen molar-refractivity contribution in [3.8, 4) is 0 Å². The number of benzene rings is 3. The zero-order chi connectivity index (χ0) is 26.6. The van der Waals surface area contributed by atoms with Crippen molar-refractivity contribution in [2.24, 2.45) is 0 Å². The first-order chi connectivity index (χ1) is 17.9. The van der Waals surface area contributed by atoms with Crippen LogP contribution in [0.5, 0.6) is 0 Å². The maximum absolute atomic E-state index is 13.9. The number of carboxylic acids is 1. The summed E-state index contributed by atoms with van der Waals surface area (Å²) in [5.74, 6) is -2.08. The number of halogens is 1. The number of hydrogen-bond acceptors (Lipinski definition) is 5. The van der Waals surface area contributed by atoms with Gasteiger partial charge >= 0.3 is 11.9 Å². The van der Waals surface area contributed by atoms with Gasteiger partial charge in [-0.3, -0.25) is 19.7 Å². The van der Waals surface area contributed by atoms with E-state index in [-0.39, 0.29) is 19.6 Å². The second-order valence-electron chi connectivity index (χ2n) is 8.58. The van der Waals surface area contributed by atoms with Gasteiger partial charge in [0.15, 0.2) is 0 Å². The van der Waals surface area contributed by atoms with E-state index in [1.54, 1.807) is 31.2 Å². The Morgan fingerprint density at radius 1 is 0.865 bits per heavy atom. The largest absolute Gasteiger partial charge is 0.480 e. The van der Waals surface area contributed by atoms with Gasteiger partial charge < -0.3 is 14.7 Å². The van der Waals surface area contributed by atoms with Gasteiger partial charge in [0, 0.05) is 11.6 Å². The van der Waals surface area contributed by atoms with Crippen LogP contribution in [0.4, 0.5) is 0 Å². The van der Waals surface area contributed by atoms with Crippen LogP contribution in [0.1, 0.15) is 23.6 Å². The van der Waals surface area contributed by atoms with Crippen molar-refractivity contribution in [2.75, 3.05) is 13.2 Å². The van der Waals surface area contributed by atoms with E-state index < -0.39 is 36.5 Å². The van der Waals surface area contributed by atoms with Crippen molar-refractivity contribution in [1.29, 1.82) is 0 Å². The molecule has 0 bridgehead atoms. The Kier molecular flexibility index (Phi) is 10.7. The van der Waals surface area contributed by atoms with Crippen LogP contribution in [0.15, 0.2) is 84.9 Å². The number of carboxylic acid groups (broad SMARTS) is 1. The topological polar surface area (TPSA) is 95.9 Å². The predicted molar refractivity (Wildman–Crippen MR) is 142 cm³/mol. The van der Waals surface area contributed by atoms with Gasteiger partial charge in [0.25, 0.3) is 0 Å². The lowest BCUT2D eigenvalue weighted by Gasteiger charge is -2.30. The number of ether oxygens (including phenoxy) is 1. The van der Waals surface area contributed by atoms with Crippen LogP contribution in [0.25, 0.3) is 0 Å². The maximum atomic E-state index is 13.9. The second-order valence-corrected chi connectivity index (χ2v) is 8.99. The first kappa shape index (κ1) is 27.9. The molecule has 3 aromatic carbocycles. The van der Waals surface area contributed by atoms with Gasteiger partial charge in [-0.25, -0.2) is 0 Å². The molecule has 0 aliphatic carbocycles. The second kappa shape index (κ2) is 14.2. The monoisotopic (exact) mass is 522 g/mol. The Bertz CT molecular complexity index is 1170. The molecule has 0 spiro atoms. The molecule has 3 aromatic rings. The van der Waals surface area contributed by atoms with E-state index in [2.05, 4.69) is 5.32 Å². The van der Waals surface area contributed by atoms with Gasteiger partial charge in [-0.2, -0.15) is 0 Å². The normalized spacial score (nSPS) is 12.4. The zero-order valence-corrected chi connectivity index (χ0v) is 21.4. The van der Waals surface area contributed by atoms with Gasteiger partial charge in [0.1, 0.15) is 12.6 Å². The van der Waals surface area contributed by atoms with Crippen molar-refractivity contribution in [1.82, 2.24) is 10.2 Å². The lowest BCUT2D eigenvalue weighted by molar-refractivity contribution is -0.148. The number of nitrogens with zero attached hydrogens (tertiary/aromatic N) is 1. The van der Waals surface area contributed by atoms with E-state index in [0.29, 0.717) is 17.0 Å². The van der Waals surface area contributed by atoms with Gasteiger partial charge in [-0.15, -0.1) is 0 Å². The average molecular weight is 523 g/mol. The zero-order valence-electron chi connectivity index (χ0n) is 20.7. The van der Waals surface area contributed by atoms with E-state index in [0.717, 1.165) is 11.1 Å². The number of amides is 1. The highest BCUT2D eigenvalue weighted by atomic mass is 35.5. The van der Waals surface area contributed by atoms with E-state index in [1.807, 2.05) is 60.7 Å². The minimum atomic E-state index is -1.15. The summed E-state index contributed by atoms with van der Waals surface area (Å²) in [6, 6.07) is 24.1. The average Bonchev–Trinajstić information content (AvgIpc) is 2.89. The van der Waals surface area contributed by atoms with E-state index in [9.17, 15) is 19.5 Å². The Morgan fingerprint density at radius 2 is 1.41 bits per heavy atom. The number of rotatable bonds is 13. The highest BCUT2D eigenvalue weighted by Gasteiger charge is 2.31. The molecule has 0 saturated heterocycles. The molecule has 0 aliphatic heterocycles. The van der Waals surface area contributed by atoms with Crippen LogP contribution in [0, 0.1) is 0 Å². The van der Waals surface area contributed by atoms with Crippen LogP contribution >= 0.6 is 11.6 Å². The molecule has 7 nitrogen and oxygen atoms in total. The van der Waals surface area contributed by atoms with Crippen LogP contribution in [-0.4, -0.2) is 53.1 Å². The molecule has 0 heterocycles. The van der Waals surface area contributed by atoms with Crippen molar-refractivity contribution in [2.45, 2.75) is 38.4 Å². The molecule has 3 rings (SSSR count). The number of hydrogen-bond donors (Lipinski definition) is 2. The number of carbonyl (C=O) groups is 3. The van der Waals surface area contributed by atoms with Gasteiger partial charge in [-0.1, -0.05) is 90.5 Å². The minimum Gasteiger partial charge on any atom is -0.480 e. The minimum absolute atomic E-state index is 0.0144. The van der Waals surface area contributed by atoms with Gasteiger partial charge in [0.05, 0.1) is 12.6 Å². The summed E-state index contributed by atoms with van der Waals surface area (Å²) < 4.78 is 5.31. The molecule has 1 unspecified atom stereocenters. The van der Waals surface area contributed by atoms with Crippen LogP contribution < -0.4 is 5.32 Å². The van der Waals surface area contributed by atoms with Gasteiger partial charge in [-0.05, 0) is 42.5 Å². The Morgan fingerprint density at radius 3 is 1.95 bits per heavy atom. The molecule has 0 saturated carbocycles. The molecule has 2 atom stereocenters. The smallest absolute Gasteiger partial charge is 0.323 e. The lowest BCUT2D eigenvalue weighted by Crippen LogP contribution is -2.54. The third kappa shape index (κ3) is 8.74. The summed E-state index contributed by atoms with van der Waals surface area (Å²) in [7, 11) is 0. The van der Waals surface area contributed by atoms with Crippen molar-refractivity contribution in [3.05, 3.63) is 107 Å². The van der Waals surface area contributed by atoms with Crippen molar-refractivity contribution < 1.29 is 24.2 Å². The Labute approximate surface area is 222 Å². The van der Waals surface area contributed by atoms with Crippen molar-refractivity contribution >= 4 is 29.4 Å². The predicted octanol–water partition coefficient (Wildman–Crippen LogP) is 4.13. The first-order valence-electron chi connectivity index (χ1n) is 12.1. The Hall–Kier alpha value is -3.68. The summed E-state index contributed by atoms with van der Waals surface area (Å²) >= 11 is 6.31. The summed E-state index contributed by atoms with van der Waals surface area (Å²) in [5.41, 5.74) is 2.39. The number of aliphatic carboxylic acids is 1. The molecule has 0 aromatic heterocycles. The fourth-order valence-electron chi connectivity index (χ4n) is 4.04. The highest BCUT2D eigenvalue weighted by Crippen LogP contribution is 2.19. The number of nitrogens with one attached hydrogen (secondary N) is 1. The standard InChI is InChI=1S/C29H31ClN2O5/c1-2-37-29(36)26(18-22-13-7-4-8-14-22)31-25(17-21-11-5-3-6-12-21)28(35)32(20-27(33)34)19-23-15-9-10-16-24(23)30/h3-16,25-26,31H,2,17-20H2,1H3,(H,33,34)/t25-,26?/m0/s1. The van der Waals surface area contributed by atoms with Crippen LogP contribution in [0.3, 0.4) is 0 Å². The summed E-state index contributed by atoms with van der Waals surface area (Å²) in [4.78, 5) is 39.7. The molecular weight excluding hydrogens is 492 g/mol. The SMILES string of the molecule is CCOC(=O)C(Cc1ccccc1)N[C@@H](Cc1ccccc1)C(=O)N(CC(=O)O)Cc1ccccc1Cl. The summed E-state index contributed by atoms with van der Waals surface area (Å²) in [6.07, 6.45) is 0.560. The van der Waals surface area contributed by atoms with E-state index in [4.69, 9.17) is 16.3 Å². The van der Waals surface area contributed by atoms with Gasteiger partial charge in [0.2, 0.25) is 5.91 Å². The quantitative estimate of drug-likeness (QED) is 0.328. The molecule has 0 radical (unpaired) electrons. The van der Waals surface area contributed by atoms with Crippen LogP contribution in [-0.2, 0) is 38.5 Å². The fraction of sp³-hybridized carbons (Fsp3) is 0.276. The molecule has 0 fully saturated rings. The number of esters is 1. The lowest BCUT2D eigenvalue weighted by atomic mass is 10.0. The third-order valence-electron chi connectivity index (χ3n) is 5.79. The third-order valence-corrected chi connectivity index (χ3v) is 6.16. The molecule has 2 N–H and O–H groups in total. The maximum Gasteiger partial charge on any atom is 0.323 e. The molecule has 1 amide bonds. The molecule has 194 valence electrons. The summed E-state index contributed by atoms with van der Waals surface area (Å²) in [6.45, 7) is 1.42. The molecule has 8 heteroatoms. The van der Waals surface area contributed by atoms with E-state index in [1.165, 1.54) is 4.90 Å². The highest BCUT2D eigenvalue weighted by molar-refractivity contribution is 6.31. The van der Waals surface area contributed by atoms with Crippen LogP contribution in [0.2, 0.25) is 5.02 Å². The fourth-order valence-corrected chi connectivity index (χ4v) is 4.24. The molecule has 0 aliphatic rings. The molecule has 37 heavy (non-hydrogen) atoms. The number of carbonyl (C=O) groups excluding carboxylic acids is 2. The Balaban J connectivity index is 1.93. The van der Waals surface area contributed by atoms with E-state index >= 15 is 0 Å². The first-order valence-corrected chi connectivity index (χ1v) is 12.5. The molecular formula is C29H31ClN2O5.